The van der Waals surface area contributed by atoms with Gasteiger partial charge in [0.1, 0.15) is 5.75 Å². The summed E-state index contributed by atoms with van der Waals surface area (Å²) in [7, 11) is 1.70. The minimum Gasteiger partial charge on any atom is -0.426 e. The number of benzene rings is 2. The Morgan fingerprint density at radius 1 is 1.03 bits per heavy atom. The molecule has 0 atom stereocenters. The standard InChI is InChI=1S/C25H24N4O4/c1-15-5-7-18(8-6-15)25(32)28(4)19-9-11-20(12-10-19)33-24(31)13-21-16(2)26-22-14-23(30)27-29(22)17(21)3/h5-12,14H,13H2,1-4H3,(H,27,30). The fourth-order valence-corrected chi connectivity index (χ4v) is 3.67. The van der Waals surface area contributed by atoms with E-state index in [2.05, 4.69) is 10.1 Å². The van der Waals surface area contributed by atoms with Crippen molar-refractivity contribution in [2.75, 3.05) is 11.9 Å². The van der Waals surface area contributed by atoms with E-state index in [4.69, 9.17) is 4.74 Å². The van der Waals surface area contributed by atoms with Crippen LogP contribution in [0.2, 0.25) is 0 Å². The molecule has 2 heterocycles. The molecule has 2 aromatic heterocycles. The summed E-state index contributed by atoms with van der Waals surface area (Å²) in [4.78, 5) is 42.8. The molecule has 0 radical (unpaired) electrons. The lowest BCUT2D eigenvalue weighted by molar-refractivity contribution is -0.133. The monoisotopic (exact) mass is 444 g/mol. The SMILES string of the molecule is Cc1ccc(C(=O)N(C)c2ccc(OC(=O)Cc3c(C)nc4cc(=O)[nH]n4c3C)cc2)cc1. The summed E-state index contributed by atoms with van der Waals surface area (Å²) in [5, 5.41) is 2.67. The van der Waals surface area contributed by atoms with Crippen LogP contribution in [-0.2, 0) is 11.2 Å². The van der Waals surface area contributed by atoms with Crippen molar-refractivity contribution in [3.8, 4) is 5.75 Å². The second kappa shape index (κ2) is 8.74. The number of aromatic nitrogens is 3. The number of amides is 1. The first kappa shape index (κ1) is 22.0. The molecule has 0 aliphatic rings. The second-order valence-corrected chi connectivity index (χ2v) is 7.95. The third kappa shape index (κ3) is 4.55. The molecule has 1 N–H and O–H groups in total. The Bertz CT molecular complexity index is 1400. The maximum absolute atomic E-state index is 12.7. The average molecular weight is 444 g/mol. The van der Waals surface area contributed by atoms with Crippen molar-refractivity contribution in [3.05, 3.63) is 93.0 Å². The number of H-pyrrole nitrogens is 1. The van der Waals surface area contributed by atoms with Crippen LogP contribution in [0.1, 0.15) is 32.9 Å². The van der Waals surface area contributed by atoms with Gasteiger partial charge in [-0.05, 0) is 57.2 Å². The smallest absolute Gasteiger partial charge is 0.315 e. The van der Waals surface area contributed by atoms with Crippen LogP contribution < -0.4 is 15.2 Å². The van der Waals surface area contributed by atoms with E-state index in [9.17, 15) is 14.4 Å². The molecular weight excluding hydrogens is 420 g/mol. The predicted molar refractivity (Wildman–Crippen MR) is 125 cm³/mol. The van der Waals surface area contributed by atoms with Gasteiger partial charge in [-0.2, -0.15) is 0 Å². The van der Waals surface area contributed by atoms with Gasteiger partial charge in [-0.3, -0.25) is 19.5 Å². The third-order valence-corrected chi connectivity index (χ3v) is 5.58. The van der Waals surface area contributed by atoms with Gasteiger partial charge in [0.15, 0.2) is 5.65 Å². The highest BCUT2D eigenvalue weighted by molar-refractivity contribution is 6.05. The summed E-state index contributed by atoms with van der Waals surface area (Å²) < 4.78 is 7.05. The lowest BCUT2D eigenvalue weighted by Crippen LogP contribution is -2.26. The largest absolute Gasteiger partial charge is 0.426 e. The lowest BCUT2D eigenvalue weighted by atomic mass is 10.1. The van der Waals surface area contributed by atoms with Crippen molar-refractivity contribution in [1.29, 1.82) is 0 Å². The number of carbonyl (C=O) groups is 2. The minimum atomic E-state index is -0.450. The maximum atomic E-state index is 12.7. The van der Waals surface area contributed by atoms with E-state index in [-0.39, 0.29) is 17.9 Å². The molecule has 0 aliphatic heterocycles. The predicted octanol–water partition coefficient (Wildman–Crippen LogP) is 3.37. The number of hydrogen-bond donors (Lipinski definition) is 1. The number of anilines is 1. The summed E-state index contributed by atoms with van der Waals surface area (Å²) in [6.45, 7) is 5.58. The molecule has 168 valence electrons. The number of aryl methyl sites for hydroxylation is 3. The van der Waals surface area contributed by atoms with E-state index in [1.807, 2.05) is 26.0 Å². The van der Waals surface area contributed by atoms with Crippen molar-refractivity contribution >= 4 is 23.2 Å². The van der Waals surface area contributed by atoms with Gasteiger partial charge in [-0.15, -0.1) is 0 Å². The normalized spacial score (nSPS) is 10.9. The first-order valence-corrected chi connectivity index (χ1v) is 10.5. The summed E-state index contributed by atoms with van der Waals surface area (Å²) in [5.74, 6) is -0.205. The highest BCUT2D eigenvalue weighted by Crippen LogP contribution is 2.21. The summed E-state index contributed by atoms with van der Waals surface area (Å²) in [6, 6.07) is 15.5. The second-order valence-electron chi connectivity index (χ2n) is 7.95. The molecule has 4 aromatic rings. The van der Waals surface area contributed by atoms with Crippen molar-refractivity contribution in [3.63, 3.8) is 0 Å². The number of nitrogens with one attached hydrogen (secondary N) is 1. The van der Waals surface area contributed by atoms with Crippen LogP contribution in [0.5, 0.6) is 5.75 Å². The van der Waals surface area contributed by atoms with E-state index >= 15 is 0 Å². The molecule has 0 unspecified atom stereocenters. The number of rotatable bonds is 5. The molecule has 33 heavy (non-hydrogen) atoms. The zero-order chi connectivity index (χ0) is 23.7. The van der Waals surface area contributed by atoms with Gasteiger partial charge in [0.05, 0.1) is 6.42 Å². The number of nitrogens with zero attached hydrogens (tertiary/aromatic N) is 3. The quantitative estimate of drug-likeness (QED) is 0.376. The van der Waals surface area contributed by atoms with Gasteiger partial charge in [-0.1, -0.05) is 17.7 Å². The van der Waals surface area contributed by atoms with Crippen LogP contribution in [-0.4, -0.2) is 33.5 Å². The topological polar surface area (TPSA) is 96.8 Å². The van der Waals surface area contributed by atoms with Crippen LogP contribution in [0.25, 0.3) is 5.65 Å². The number of hydrogen-bond acceptors (Lipinski definition) is 5. The molecule has 2 aromatic carbocycles. The number of aromatic amines is 1. The lowest BCUT2D eigenvalue weighted by Gasteiger charge is -2.18. The Balaban J connectivity index is 1.45. The first-order chi connectivity index (χ1) is 15.7. The van der Waals surface area contributed by atoms with Crippen molar-refractivity contribution in [2.45, 2.75) is 27.2 Å². The molecule has 0 spiro atoms. The van der Waals surface area contributed by atoms with Crippen LogP contribution >= 0.6 is 0 Å². The van der Waals surface area contributed by atoms with Gasteiger partial charge in [-0.25, -0.2) is 9.50 Å². The maximum Gasteiger partial charge on any atom is 0.315 e. The summed E-state index contributed by atoms with van der Waals surface area (Å²) >= 11 is 0. The zero-order valence-electron chi connectivity index (χ0n) is 18.9. The van der Waals surface area contributed by atoms with Gasteiger partial charge in [0, 0.05) is 41.3 Å². The van der Waals surface area contributed by atoms with Crippen molar-refractivity contribution in [2.24, 2.45) is 0 Å². The van der Waals surface area contributed by atoms with E-state index < -0.39 is 5.97 Å². The van der Waals surface area contributed by atoms with Crippen LogP contribution in [0.15, 0.2) is 59.4 Å². The molecule has 8 heteroatoms. The molecule has 0 bridgehead atoms. The van der Waals surface area contributed by atoms with Crippen LogP contribution in [0.4, 0.5) is 5.69 Å². The van der Waals surface area contributed by atoms with Crippen molar-refractivity contribution < 1.29 is 14.3 Å². The van der Waals surface area contributed by atoms with E-state index in [1.165, 1.54) is 6.07 Å². The first-order valence-electron chi connectivity index (χ1n) is 10.5. The molecule has 0 saturated carbocycles. The van der Waals surface area contributed by atoms with Gasteiger partial charge < -0.3 is 9.64 Å². The fraction of sp³-hybridized carbons (Fsp3) is 0.200. The van der Waals surface area contributed by atoms with E-state index in [0.717, 1.165) is 11.3 Å². The molecule has 0 fully saturated rings. The van der Waals surface area contributed by atoms with E-state index in [1.54, 1.807) is 59.8 Å². The highest BCUT2D eigenvalue weighted by atomic mass is 16.5. The van der Waals surface area contributed by atoms with Crippen LogP contribution in [0, 0.1) is 20.8 Å². The van der Waals surface area contributed by atoms with Crippen molar-refractivity contribution in [1.82, 2.24) is 14.6 Å². The Labute approximate surface area is 190 Å². The van der Waals surface area contributed by atoms with Gasteiger partial charge in [0.25, 0.3) is 11.5 Å². The fourth-order valence-electron chi connectivity index (χ4n) is 3.67. The Hall–Kier alpha value is -4.20. The molecule has 0 aliphatic carbocycles. The number of carbonyl (C=O) groups excluding carboxylic acids is 2. The molecule has 0 saturated heterocycles. The van der Waals surface area contributed by atoms with Crippen LogP contribution in [0.3, 0.4) is 0 Å². The Morgan fingerprint density at radius 3 is 2.36 bits per heavy atom. The Kier molecular flexibility index (Phi) is 5.83. The molecule has 4 rings (SSSR count). The third-order valence-electron chi connectivity index (χ3n) is 5.58. The molecular formula is C25H24N4O4. The number of ether oxygens (including phenoxy) is 1. The van der Waals surface area contributed by atoms with Gasteiger partial charge >= 0.3 is 5.97 Å². The number of fused-ring (bicyclic) bond motifs is 1. The Morgan fingerprint density at radius 2 is 1.70 bits per heavy atom. The van der Waals surface area contributed by atoms with Gasteiger partial charge in [0.2, 0.25) is 0 Å². The average Bonchev–Trinajstić information content (AvgIpc) is 3.17. The summed E-state index contributed by atoms with van der Waals surface area (Å²) in [5.41, 5.74) is 4.69. The summed E-state index contributed by atoms with van der Waals surface area (Å²) in [6.07, 6.45) is 0.00831. The molecule has 8 nitrogen and oxygen atoms in total. The zero-order valence-corrected chi connectivity index (χ0v) is 18.9. The number of esters is 1. The van der Waals surface area contributed by atoms with E-state index in [0.29, 0.717) is 33.9 Å². The minimum absolute atomic E-state index is 0.00831. The molecule has 1 amide bonds. The highest BCUT2D eigenvalue weighted by Gasteiger charge is 2.17.